The molecule has 0 radical (unpaired) electrons. The molecule has 2 saturated heterocycles. The monoisotopic (exact) mass is 340 g/mol. The van der Waals surface area contributed by atoms with Crippen LogP contribution in [0.5, 0.6) is 0 Å². The van der Waals surface area contributed by atoms with Gasteiger partial charge >= 0.3 is 0 Å². The Balaban J connectivity index is 2.06. The second-order valence-electron chi connectivity index (χ2n) is 7.21. The van der Waals surface area contributed by atoms with E-state index in [2.05, 4.69) is 55.1 Å². The van der Waals surface area contributed by atoms with Gasteiger partial charge in [-0.3, -0.25) is 10.1 Å². The van der Waals surface area contributed by atoms with E-state index in [1.54, 1.807) is 0 Å². The Labute approximate surface area is 146 Å². The van der Waals surface area contributed by atoms with Crippen molar-refractivity contribution in [1.29, 1.82) is 0 Å². The standard InChI is InChI=1S/C17H32N4OS/c1-6-13(5)14-15(22)21(7-2)17(19-14)8-10-20(11-9-17)16(23)18-12(3)4/h12-14,19H,6-11H2,1-5H3,(H,18,23)/t13-,14+/m1/s1. The fourth-order valence-electron chi connectivity index (χ4n) is 3.72. The van der Waals surface area contributed by atoms with Gasteiger partial charge in [-0.15, -0.1) is 0 Å². The number of likely N-dealkylation sites (tertiary alicyclic amines) is 1. The third-order valence-corrected chi connectivity index (χ3v) is 5.67. The van der Waals surface area contributed by atoms with E-state index in [0.717, 1.165) is 44.0 Å². The number of nitrogens with zero attached hydrogens (tertiary/aromatic N) is 2. The van der Waals surface area contributed by atoms with Gasteiger partial charge in [0, 0.05) is 38.5 Å². The SMILES string of the molecule is CC[C@@H](C)[C@@H]1NC2(CCN(C(=S)NC(C)C)CC2)N(CC)C1=O. The summed E-state index contributed by atoms with van der Waals surface area (Å²) < 4.78 is 0. The van der Waals surface area contributed by atoms with Crippen molar-refractivity contribution in [2.75, 3.05) is 19.6 Å². The maximum Gasteiger partial charge on any atom is 0.241 e. The van der Waals surface area contributed by atoms with E-state index in [0.29, 0.717) is 12.0 Å². The number of likely N-dealkylation sites (N-methyl/N-ethyl adjacent to an activating group) is 1. The highest BCUT2D eigenvalue weighted by Crippen LogP contribution is 2.34. The van der Waals surface area contributed by atoms with E-state index in [1.165, 1.54) is 0 Å². The van der Waals surface area contributed by atoms with Gasteiger partial charge in [0.25, 0.3) is 0 Å². The van der Waals surface area contributed by atoms with Crippen molar-refractivity contribution in [2.45, 2.75) is 71.6 Å². The molecule has 0 aromatic rings. The Hall–Kier alpha value is -0.880. The van der Waals surface area contributed by atoms with Crippen LogP contribution in [0.15, 0.2) is 0 Å². The van der Waals surface area contributed by atoms with E-state index < -0.39 is 0 Å². The minimum Gasteiger partial charge on any atom is -0.360 e. The summed E-state index contributed by atoms with van der Waals surface area (Å²) in [6, 6.07) is 0.318. The van der Waals surface area contributed by atoms with Gasteiger partial charge in [0.1, 0.15) is 0 Å². The van der Waals surface area contributed by atoms with Gasteiger partial charge in [-0.2, -0.15) is 0 Å². The van der Waals surface area contributed by atoms with Crippen LogP contribution in [-0.2, 0) is 4.79 Å². The molecule has 5 nitrogen and oxygen atoms in total. The number of nitrogens with one attached hydrogen (secondary N) is 2. The third-order valence-electron chi connectivity index (χ3n) is 5.29. The molecule has 2 N–H and O–H groups in total. The van der Waals surface area contributed by atoms with Crippen LogP contribution >= 0.6 is 12.2 Å². The first-order valence-electron chi connectivity index (χ1n) is 8.99. The molecule has 2 atom stereocenters. The van der Waals surface area contributed by atoms with Crippen molar-refractivity contribution in [3.63, 3.8) is 0 Å². The van der Waals surface area contributed by atoms with Gasteiger partial charge < -0.3 is 15.1 Å². The number of rotatable bonds is 4. The highest BCUT2D eigenvalue weighted by atomic mass is 32.1. The Bertz CT molecular complexity index is 446. The van der Waals surface area contributed by atoms with Gasteiger partial charge in [-0.1, -0.05) is 20.3 Å². The maximum absolute atomic E-state index is 12.8. The van der Waals surface area contributed by atoms with Crippen LogP contribution in [0, 0.1) is 5.92 Å². The van der Waals surface area contributed by atoms with E-state index in [4.69, 9.17) is 12.2 Å². The van der Waals surface area contributed by atoms with Crippen LogP contribution in [0.4, 0.5) is 0 Å². The summed E-state index contributed by atoms with van der Waals surface area (Å²) >= 11 is 5.49. The molecular formula is C17H32N4OS. The zero-order chi connectivity index (χ0) is 17.2. The van der Waals surface area contributed by atoms with Crippen LogP contribution in [-0.4, -0.2) is 58.2 Å². The van der Waals surface area contributed by atoms with Gasteiger partial charge in [0.2, 0.25) is 5.91 Å². The van der Waals surface area contributed by atoms with Gasteiger partial charge in [-0.25, -0.2) is 0 Å². The van der Waals surface area contributed by atoms with Crippen LogP contribution in [0.25, 0.3) is 0 Å². The zero-order valence-corrected chi connectivity index (χ0v) is 16.0. The molecule has 2 aliphatic rings. The first-order valence-corrected chi connectivity index (χ1v) is 9.40. The molecule has 1 spiro atoms. The van der Waals surface area contributed by atoms with Crippen LogP contribution in [0.1, 0.15) is 53.9 Å². The molecule has 0 aromatic heterocycles. The summed E-state index contributed by atoms with van der Waals surface area (Å²) in [6.45, 7) is 13.2. The maximum atomic E-state index is 12.8. The molecule has 0 bridgehead atoms. The number of carbonyl (C=O) groups is 1. The summed E-state index contributed by atoms with van der Waals surface area (Å²) in [6.07, 6.45) is 2.88. The predicted octanol–water partition coefficient (Wildman–Crippen LogP) is 1.93. The number of carbonyl (C=O) groups excluding carboxylic acids is 1. The highest BCUT2D eigenvalue weighted by molar-refractivity contribution is 7.80. The molecule has 1 amide bonds. The number of hydrogen-bond donors (Lipinski definition) is 2. The highest BCUT2D eigenvalue weighted by Gasteiger charge is 2.51. The van der Waals surface area contributed by atoms with Crippen molar-refractivity contribution >= 4 is 23.2 Å². The molecule has 132 valence electrons. The first-order chi connectivity index (χ1) is 10.8. The lowest BCUT2D eigenvalue weighted by atomic mass is 9.95. The summed E-state index contributed by atoms with van der Waals surface area (Å²) in [5.41, 5.74) is -0.177. The number of piperidine rings is 1. The lowest BCUT2D eigenvalue weighted by Crippen LogP contribution is -2.60. The van der Waals surface area contributed by atoms with E-state index in [-0.39, 0.29) is 17.6 Å². The fraction of sp³-hybridized carbons (Fsp3) is 0.882. The Kier molecular flexibility index (Phi) is 5.89. The average Bonchev–Trinajstić information content (AvgIpc) is 2.78. The summed E-state index contributed by atoms with van der Waals surface area (Å²) in [5, 5.41) is 7.85. The van der Waals surface area contributed by atoms with Gasteiger partial charge in [0.05, 0.1) is 11.7 Å². The van der Waals surface area contributed by atoms with Crippen molar-refractivity contribution < 1.29 is 4.79 Å². The Morgan fingerprint density at radius 3 is 2.43 bits per heavy atom. The van der Waals surface area contributed by atoms with E-state index in [9.17, 15) is 4.79 Å². The Morgan fingerprint density at radius 1 is 1.35 bits per heavy atom. The number of hydrogen-bond acceptors (Lipinski definition) is 3. The van der Waals surface area contributed by atoms with E-state index >= 15 is 0 Å². The lowest BCUT2D eigenvalue weighted by Gasteiger charge is -2.45. The minimum atomic E-state index is -0.177. The minimum absolute atomic E-state index is 0.0350. The molecule has 2 aliphatic heterocycles. The molecule has 23 heavy (non-hydrogen) atoms. The van der Waals surface area contributed by atoms with Crippen molar-refractivity contribution in [3.05, 3.63) is 0 Å². The normalized spacial score (nSPS) is 25.3. The first kappa shape index (κ1) is 18.5. The molecule has 0 aliphatic carbocycles. The molecule has 0 aromatic carbocycles. The molecule has 2 rings (SSSR count). The average molecular weight is 341 g/mol. The summed E-state index contributed by atoms with van der Waals surface area (Å²) in [5.74, 6) is 0.649. The largest absolute Gasteiger partial charge is 0.360 e. The lowest BCUT2D eigenvalue weighted by molar-refractivity contribution is -0.133. The zero-order valence-electron chi connectivity index (χ0n) is 15.2. The van der Waals surface area contributed by atoms with Crippen LogP contribution in [0.2, 0.25) is 0 Å². The summed E-state index contributed by atoms with van der Waals surface area (Å²) in [4.78, 5) is 17.1. The molecule has 2 heterocycles. The molecule has 6 heteroatoms. The fourth-order valence-corrected chi connectivity index (χ4v) is 4.14. The third kappa shape index (κ3) is 3.63. The molecule has 0 unspecified atom stereocenters. The molecular weight excluding hydrogens is 308 g/mol. The molecule has 2 fully saturated rings. The molecule has 0 saturated carbocycles. The number of thiocarbonyl (C=S) groups is 1. The van der Waals surface area contributed by atoms with E-state index in [1.807, 2.05) is 0 Å². The van der Waals surface area contributed by atoms with Crippen LogP contribution < -0.4 is 10.6 Å². The second kappa shape index (κ2) is 7.34. The van der Waals surface area contributed by atoms with Gasteiger partial charge in [0.15, 0.2) is 5.11 Å². The Morgan fingerprint density at radius 2 is 1.96 bits per heavy atom. The summed E-state index contributed by atoms with van der Waals surface area (Å²) in [7, 11) is 0. The van der Waals surface area contributed by atoms with Crippen molar-refractivity contribution in [3.8, 4) is 0 Å². The second-order valence-corrected chi connectivity index (χ2v) is 7.60. The predicted molar refractivity (Wildman–Crippen MR) is 98.2 cm³/mol. The smallest absolute Gasteiger partial charge is 0.241 e. The van der Waals surface area contributed by atoms with Crippen molar-refractivity contribution in [1.82, 2.24) is 20.4 Å². The van der Waals surface area contributed by atoms with Gasteiger partial charge in [-0.05, 0) is 38.9 Å². The number of amides is 1. The van der Waals surface area contributed by atoms with Crippen molar-refractivity contribution in [2.24, 2.45) is 5.92 Å². The van der Waals surface area contributed by atoms with Crippen LogP contribution in [0.3, 0.4) is 0 Å². The topological polar surface area (TPSA) is 47.6 Å². The quantitative estimate of drug-likeness (QED) is 0.766.